The van der Waals surface area contributed by atoms with E-state index in [9.17, 15) is 4.79 Å². The second kappa shape index (κ2) is 4.82. The van der Waals surface area contributed by atoms with E-state index in [1.807, 2.05) is 6.92 Å². The fraction of sp³-hybridized carbons (Fsp3) is 0.600. The molecule has 3 N–H and O–H groups in total. The predicted molar refractivity (Wildman–Crippen MR) is 59.2 cm³/mol. The summed E-state index contributed by atoms with van der Waals surface area (Å²) in [6, 6.07) is 0. The van der Waals surface area contributed by atoms with Crippen LogP contribution in [0.2, 0.25) is 0 Å². The van der Waals surface area contributed by atoms with Crippen LogP contribution in [0, 0.1) is 12.8 Å². The molecule has 0 radical (unpaired) electrons. The highest BCUT2D eigenvalue weighted by atomic mass is 16.2. The molecule has 1 amide bonds. The van der Waals surface area contributed by atoms with Crippen molar-refractivity contribution in [3.8, 4) is 0 Å². The van der Waals surface area contributed by atoms with Crippen molar-refractivity contribution in [2.75, 3.05) is 12.3 Å². The molecule has 1 aromatic rings. The molecule has 15 heavy (non-hydrogen) atoms. The Morgan fingerprint density at radius 1 is 1.67 bits per heavy atom. The Labute approximate surface area is 89.6 Å². The van der Waals surface area contributed by atoms with E-state index in [4.69, 9.17) is 5.73 Å². The minimum absolute atomic E-state index is 0.0325. The first-order valence-corrected chi connectivity index (χ1v) is 5.05. The maximum atomic E-state index is 11.5. The van der Waals surface area contributed by atoms with Crippen molar-refractivity contribution >= 4 is 11.6 Å². The quantitative estimate of drug-likeness (QED) is 0.762. The number of hydrogen-bond acceptors (Lipinski definition) is 3. The first kappa shape index (κ1) is 11.6. The number of carbonyl (C=O) groups excluding carboxylic acids is 1. The Kier molecular flexibility index (Phi) is 3.71. The number of nitrogens with zero attached hydrogens (tertiary/aromatic N) is 2. The van der Waals surface area contributed by atoms with Gasteiger partial charge in [-0.2, -0.15) is 5.10 Å². The van der Waals surface area contributed by atoms with Crippen LogP contribution in [-0.2, 0) is 11.3 Å². The summed E-state index contributed by atoms with van der Waals surface area (Å²) in [5.41, 5.74) is 7.07. The first-order valence-electron chi connectivity index (χ1n) is 5.05. The molecule has 0 spiro atoms. The molecule has 5 nitrogen and oxygen atoms in total. The summed E-state index contributed by atoms with van der Waals surface area (Å²) in [4.78, 5) is 11.5. The summed E-state index contributed by atoms with van der Waals surface area (Å²) < 4.78 is 1.60. The summed E-state index contributed by atoms with van der Waals surface area (Å²) >= 11 is 0. The van der Waals surface area contributed by atoms with Crippen molar-refractivity contribution in [3.63, 3.8) is 0 Å². The molecule has 0 saturated carbocycles. The van der Waals surface area contributed by atoms with Gasteiger partial charge in [0.2, 0.25) is 5.91 Å². The third-order valence-corrected chi connectivity index (χ3v) is 2.14. The van der Waals surface area contributed by atoms with E-state index in [-0.39, 0.29) is 12.5 Å². The molecule has 0 fully saturated rings. The fourth-order valence-corrected chi connectivity index (χ4v) is 1.13. The number of aromatic nitrogens is 2. The lowest BCUT2D eigenvalue weighted by Crippen LogP contribution is -2.31. The average molecular weight is 210 g/mol. The van der Waals surface area contributed by atoms with Gasteiger partial charge in [0.1, 0.15) is 6.54 Å². The van der Waals surface area contributed by atoms with E-state index in [1.165, 1.54) is 0 Å². The maximum Gasteiger partial charge on any atom is 0.241 e. The van der Waals surface area contributed by atoms with E-state index in [0.29, 0.717) is 18.2 Å². The van der Waals surface area contributed by atoms with E-state index < -0.39 is 0 Å². The zero-order valence-electron chi connectivity index (χ0n) is 9.45. The number of amides is 1. The third kappa shape index (κ3) is 3.27. The molecule has 1 rings (SSSR count). The summed E-state index contributed by atoms with van der Waals surface area (Å²) in [7, 11) is 0. The summed E-state index contributed by atoms with van der Waals surface area (Å²) in [6.45, 7) is 6.87. The molecule has 1 heterocycles. The maximum absolute atomic E-state index is 11.5. The van der Waals surface area contributed by atoms with E-state index in [2.05, 4.69) is 24.3 Å². The zero-order valence-corrected chi connectivity index (χ0v) is 9.45. The largest absolute Gasteiger partial charge is 0.396 e. The Hall–Kier alpha value is -1.52. The SMILES string of the molecule is Cc1c(N)cnn1CC(=O)NCC(C)C. The highest BCUT2D eigenvalue weighted by Gasteiger charge is 2.07. The van der Waals surface area contributed by atoms with Gasteiger partial charge >= 0.3 is 0 Å². The molecule has 0 unspecified atom stereocenters. The second-order valence-corrected chi connectivity index (χ2v) is 4.04. The van der Waals surface area contributed by atoms with E-state index >= 15 is 0 Å². The lowest BCUT2D eigenvalue weighted by molar-refractivity contribution is -0.122. The van der Waals surface area contributed by atoms with Gasteiger partial charge in [-0.25, -0.2) is 0 Å². The second-order valence-electron chi connectivity index (χ2n) is 4.04. The summed E-state index contributed by atoms with van der Waals surface area (Å²) in [5, 5.41) is 6.84. The molecular formula is C10H18N4O. The van der Waals surface area contributed by atoms with Crippen LogP contribution in [0.1, 0.15) is 19.5 Å². The van der Waals surface area contributed by atoms with Crippen molar-refractivity contribution in [1.29, 1.82) is 0 Å². The highest BCUT2D eigenvalue weighted by molar-refractivity contribution is 5.75. The van der Waals surface area contributed by atoms with Crippen molar-refractivity contribution in [1.82, 2.24) is 15.1 Å². The highest BCUT2D eigenvalue weighted by Crippen LogP contribution is 2.07. The average Bonchev–Trinajstić information content (AvgIpc) is 2.47. The van der Waals surface area contributed by atoms with Gasteiger partial charge in [0.15, 0.2) is 0 Å². The standard InChI is InChI=1S/C10H18N4O/c1-7(2)4-12-10(15)6-14-8(3)9(11)5-13-14/h5,7H,4,6,11H2,1-3H3,(H,12,15). The van der Waals surface area contributed by atoms with Crippen LogP contribution in [0.4, 0.5) is 5.69 Å². The Morgan fingerprint density at radius 2 is 2.33 bits per heavy atom. The van der Waals surface area contributed by atoms with Gasteiger partial charge in [-0.05, 0) is 12.8 Å². The molecule has 0 bridgehead atoms. The van der Waals surface area contributed by atoms with Crippen LogP contribution in [-0.4, -0.2) is 22.2 Å². The number of nitrogens with one attached hydrogen (secondary N) is 1. The smallest absolute Gasteiger partial charge is 0.241 e. The molecule has 0 aliphatic carbocycles. The van der Waals surface area contributed by atoms with Crippen molar-refractivity contribution in [2.24, 2.45) is 5.92 Å². The molecule has 0 aliphatic heterocycles. The molecular weight excluding hydrogens is 192 g/mol. The normalized spacial score (nSPS) is 10.7. The number of hydrogen-bond donors (Lipinski definition) is 2. The molecule has 0 aromatic carbocycles. The monoisotopic (exact) mass is 210 g/mol. The lowest BCUT2D eigenvalue weighted by Gasteiger charge is -2.08. The Bertz CT molecular complexity index is 343. The van der Waals surface area contributed by atoms with Gasteiger partial charge in [0.25, 0.3) is 0 Å². The Morgan fingerprint density at radius 3 is 2.80 bits per heavy atom. The van der Waals surface area contributed by atoms with Crippen molar-refractivity contribution in [3.05, 3.63) is 11.9 Å². The number of anilines is 1. The molecule has 5 heteroatoms. The van der Waals surface area contributed by atoms with Crippen LogP contribution in [0.15, 0.2) is 6.20 Å². The number of nitrogen functional groups attached to an aromatic ring is 1. The summed E-state index contributed by atoms with van der Waals surface area (Å²) in [5.74, 6) is 0.424. The van der Waals surface area contributed by atoms with E-state index in [1.54, 1.807) is 10.9 Å². The predicted octanol–water partition coefficient (Wildman–Crippen LogP) is 0.546. The van der Waals surface area contributed by atoms with Gasteiger partial charge in [-0.15, -0.1) is 0 Å². The molecule has 1 aromatic heterocycles. The lowest BCUT2D eigenvalue weighted by atomic mass is 10.2. The molecule has 0 aliphatic rings. The van der Waals surface area contributed by atoms with Crippen LogP contribution >= 0.6 is 0 Å². The topological polar surface area (TPSA) is 72.9 Å². The fourth-order valence-electron chi connectivity index (χ4n) is 1.13. The Balaban J connectivity index is 2.48. The minimum Gasteiger partial charge on any atom is -0.396 e. The third-order valence-electron chi connectivity index (χ3n) is 2.14. The minimum atomic E-state index is -0.0325. The van der Waals surface area contributed by atoms with Crippen LogP contribution in [0.25, 0.3) is 0 Å². The number of carbonyl (C=O) groups is 1. The molecule has 0 saturated heterocycles. The van der Waals surface area contributed by atoms with Gasteiger partial charge < -0.3 is 11.1 Å². The van der Waals surface area contributed by atoms with E-state index in [0.717, 1.165) is 5.69 Å². The van der Waals surface area contributed by atoms with Gasteiger partial charge in [0, 0.05) is 6.54 Å². The first-order chi connectivity index (χ1) is 7.00. The van der Waals surface area contributed by atoms with Crippen LogP contribution in [0.5, 0.6) is 0 Å². The number of rotatable bonds is 4. The van der Waals surface area contributed by atoms with Crippen LogP contribution < -0.4 is 11.1 Å². The molecule has 84 valence electrons. The van der Waals surface area contributed by atoms with Gasteiger partial charge in [0.05, 0.1) is 17.6 Å². The zero-order chi connectivity index (χ0) is 11.4. The van der Waals surface area contributed by atoms with Crippen molar-refractivity contribution in [2.45, 2.75) is 27.3 Å². The van der Waals surface area contributed by atoms with Crippen molar-refractivity contribution < 1.29 is 4.79 Å². The van der Waals surface area contributed by atoms with Gasteiger partial charge in [-0.1, -0.05) is 13.8 Å². The molecule has 0 atom stereocenters. The summed E-state index contributed by atoms with van der Waals surface area (Å²) in [6.07, 6.45) is 1.56. The van der Waals surface area contributed by atoms with Gasteiger partial charge in [-0.3, -0.25) is 9.48 Å². The number of nitrogens with two attached hydrogens (primary N) is 1. The van der Waals surface area contributed by atoms with Crippen LogP contribution in [0.3, 0.4) is 0 Å².